The molecular formula is C10H10N2O4S2. The molecule has 2 aliphatic heterocycles. The van der Waals surface area contributed by atoms with E-state index in [9.17, 15) is 19.2 Å². The number of imide groups is 2. The predicted octanol–water partition coefficient (Wildman–Crippen LogP) is 0.475. The van der Waals surface area contributed by atoms with Crippen LogP contribution < -0.4 is 10.6 Å². The van der Waals surface area contributed by atoms with Gasteiger partial charge in [0.1, 0.15) is 0 Å². The smallest absolute Gasteiger partial charge is 0.265 e. The molecular weight excluding hydrogens is 276 g/mol. The number of nitrogens with one attached hydrogen (secondary N) is 2. The van der Waals surface area contributed by atoms with E-state index in [4.69, 9.17) is 0 Å². The molecule has 2 aliphatic rings. The summed E-state index contributed by atoms with van der Waals surface area (Å²) in [5.74, 6) is -1.94. The second-order valence-corrected chi connectivity index (χ2v) is 5.03. The molecule has 2 heterocycles. The molecule has 0 atom stereocenters. The normalized spacial score (nSPS) is 17.7. The molecule has 6 nitrogen and oxygen atoms in total. The van der Waals surface area contributed by atoms with Crippen LogP contribution in [0.4, 0.5) is 0 Å². The van der Waals surface area contributed by atoms with Crippen molar-refractivity contribution in [2.45, 2.75) is 13.8 Å². The van der Waals surface area contributed by atoms with Crippen molar-refractivity contribution in [3.8, 4) is 0 Å². The molecule has 0 saturated heterocycles. The first kappa shape index (κ1) is 14.5. The van der Waals surface area contributed by atoms with Crippen molar-refractivity contribution in [2.24, 2.45) is 0 Å². The van der Waals surface area contributed by atoms with E-state index < -0.39 is 23.6 Å². The van der Waals surface area contributed by atoms with E-state index in [1.807, 2.05) is 13.8 Å². The lowest BCUT2D eigenvalue weighted by molar-refractivity contribution is -0.125. The monoisotopic (exact) mass is 286 g/mol. The van der Waals surface area contributed by atoms with Crippen molar-refractivity contribution in [1.29, 1.82) is 0 Å². The quantitative estimate of drug-likeness (QED) is 0.579. The summed E-state index contributed by atoms with van der Waals surface area (Å²) in [5, 5.41) is 4.14. The minimum absolute atomic E-state index is 0.211. The highest BCUT2D eigenvalue weighted by Crippen LogP contribution is 2.38. The molecule has 2 N–H and O–H groups in total. The Balaban J connectivity index is 0.000000771. The largest absolute Gasteiger partial charge is 0.288 e. The second-order valence-electron chi connectivity index (χ2n) is 2.82. The lowest BCUT2D eigenvalue weighted by Crippen LogP contribution is -2.22. The van der Waals surface area contributed by atoms with E-state index in [-0.39, 0.29) is 9.81 Å². The minimum atomic E-state index is -0.493. The van der Waals surface area contributed by atoms with E-state index in [1.54, 1.807) is 0 Å². The van der Waals surface area contributed by atoms with Crippen LogP contribution in [-0.2, 0) is 19.2 Å². The average molecular weight is 286 g/mol. The van der Waals surface area contributed by atoms with Crippen LogP contribution in [0.25, 0.3) is 0 Å². The number of carbonyl (C=O) groups excluding carboxylic acids is 4. The molecule has 8 heteroatoms. The summed E-state index contributed by atoms with van der Waals surface area (Å²) in [6.07, 6.45) is 2.30. The fourth-order valence-electron chi connectivity index (χ4n) is 1.00. The fourth-order valence-corrected chi connectivity index (χ4v) is 3.03. The van der Waals surface area contributed by atoms with Gasteiger partial charge in [-0.15, -0.1) is 0 Å². The summed E-state index contributed by atoms with van der Waals surface area (Å²) < 4.78 is 0. The lowest BCUT2D eigenvalue weighted by Gasteiger charge is -1.98. The van der Waals surface area contributed by atoms with E-state index in [1.165, 1.54) is 0 Å². The molecule has 4 amide bonds. The molecule has 0 spiro atoms. The molecule has 18 heavy (non-hydrogen) atoms. The summed E-state index contributed by atoms with van der Waals surface area (Å²) in [7, 11) is 1.92. The summed E-state index contributed by atoms with van der Waals surface area (Å²) in [6.45, 7) is 4.00. The van der Waals surface area contributed by atoms with Crippen LogP contribution in [0.5, 0.6) is 0 Å². The molecule has 0 bridgehead atoms. The van der Waals surface area contributed by atoms with E-state index >= 15 is 0 Å². The molecule has 2 rings (SSSR count). The Kier molecular flexibility index (Phi) is 5.17. The Morgan fingerprint density at radius 3 is 1.33 bits per heavy atom. The number of carbonyl (C=O) groups is 4. The maximum atomic E-state index is 11.1. The summed E-state index contributed by atoms with van der Waals surface area (Å²) in [5.41, 5.74) is 0. The van der Waals surface area contributed by atoms with Crippen LogP contribution >= 0.6 is 21.6 Å². The predicted molar refractivity (Wildman–Crippen MR) is 69.0 cm³/mol. The zero-order valence-corrected chi connectivity index (χ0v) is 11.2. The van der Waals surface area contributed by atoms with Crippen LogP contribution in [0.15, 0.2) is 22.0 Å². The summed E-state index contributed by atoms with van der Waals surface area (Å²) in [6, 6.07) is 0. The van der Waals surface area contributed by atoms with Gasteiger partial charge in [0.05, 0.1) is 9.81 Å². The molecule has 0 aromatic carbocycles. The standard InChI is InChI=1S/C8H4N2O4S2.C2H6/c11-5-1-3(7(13)9-5)15-16-4-2-6(12)10-8(4)14;1-2/h1-2H,(H,9,11,13)(H,10,12,14);1-2H3. The van der Waals surface area contributed by atoms with Crippen molar-refractivity contribution in [1.82, 2.24) is 10.6 Å². The average Bonchev–Trinajstić information content (AvgIpc) is 2.81. The molecule has 0 fully saturated rings. The molecule has 0 saturated carbocycles. The second kappa shape index (κ2) is 6.41. The third-order valence-electron chi connectivity index (χ3n) is 1.67. The van der Waals surface area contributed by atoms with Gasteiger partial charge in [-0.1, -0.05) is 13.8 Å². The Labute approximate surface area is 111 Å². The van der Waals surface area contributed by atoms with Gasteiger partial charge in [-0.2, -0.15) is 0 Å². The zero-order chi connectivity index (χ0) is 13.7. The van der Waals surface area contributed by atoms with E-state index in [2.05, 4.69) is 10.6 Å². The Morgan fingerprint density at radius 1 is 0.778 bits per heavy atom. The maximum Gasteiger partial charge on any atom is 0.265 e. The van der Waals surface area contributed by atoms with Gasteiger partial charge in [-0.05, 0) is 21.6 Å². The first-order valence-corrected chi connectivity index (χ1v) is 7.20. The molecule has 0 aliphatic carbocycles. The van der Waals surface area contributed by atoms with Crippen molar-refractivity contribution in [3.63, 3.8) is 0 Å². The maximum absolute atomic E-state index is 11.1. The van der Waals surface area contributed by atoms with Gasteiger partial charge in [-0.25, -0.2) is 0 Å². The lowest BCUT2D eigenvalue weighted by atomic mass is 10.5. The highest BCUT2D eigenvalue weighted by Gasteiger charge is 2.26. The van der Waals surface area contributed by atoms with Crippen LogP contribution in [0, 0.1) is 0 Å². The van der Waals surface area contributed by atoms with Crippen molar-refractivity contribution >= 4 is 45.2 Å². The minimum Gasteiger partial charge on any atom is -0.288 e. The zero-order valence-electron chi connectivity index (χ0n) is 9.60. The first-order valence-electron chi connectivity index (χ1n) is 5.05. The Hall–Kier alpha value is -1.54. The molecule has 0 aromatic rings. The van der Waals surface area contributed by atoms with E-state index in [0.29, 0.717) is 0 Å². The SMILES string of the molecule is CC.O=C1C=C(SSC2=CC(=O)NC2=O)C(=O)N1. The van der Waals surface area contributed by atoms with Crippen molar-refractivity contribution < 1.29 is 19.2 Å². The number of hydrogen-bond donors (Lipinski definition) is 2. The van der Waals surface area contributed by atoms with Crippen molar-refractivity contribution in [2.75, 3.05) is 0 Å². The van der Waals surface area contributed by atoms with Gasteiger partial charge in [0.15, 0.2) is 0 Å². The molecule has 0 unspecified atom stereocenters. The van der Waals surface area contributed by atoms with Crippen LogP contribution in [0.2, 0.25) is 0 Å². The van der Waals surface area contributed by atoms with Gasteiger partial charge < -0.3 is 0 Å². The van der Waals surface area contributed by atoms with Crippen LogP contribution in [0.3, 0.4) is 0 Å². The van der Waals surface area contributed by atoms with E-state index in [0.717, 1.165) is 33.7 Å². The van der Waals surface area contributed by atoms with Gasteiger partial charge in [0.25, 0.3) is 23.6 Å². The van der Waals surface area contributed by atoms with Gasteiger partial charge >= 0.3 is 0 Å². The number of amides is 4. The van der Waals surface area contributed by atoms with Crippen LogP contribution in [0.1, 0.15) is 13.8 Å². The number of hydrogen-bond acceptors (Lipinski definition) is 6. The Morgan fingerprint density at radius 2 is 1.11 bits per heavy atom. The molecule has 0 aromatic heterocycles. The fraction of sp³-hybridized carbons (Fsp3) is 0.200. The molecule has 0 radical (unpaired) electrons. The highest BCUT2D eigenvalue weighted by atomic mass is 33.1. The summed E-state index contributed by atoms with van der Waals surface area (Å²) in [4.78, 5) is 44.2. The Bertz CT molecular complexity index is 438. The highest BCUT2D eigenvalue weighted by molar-refractivity contribution is 8.80. The van der Waals surface area contributed by atoms with Gasteiger partial charge in [0, 0.05) is 12.2 Å². The third kappa shape index (κ3) is 3.47. The first-order chi connectivity index (χ1) is 8.56. The van der Waals surface area contributed by atoms with Gasteiger partial charge in [-0.3, -0.25) is 29.8 Å². The van der Waals surface area contributed by atoms with Gasteiger partial charge in [0.2, 0.25) is 0 Å². The number of rotatable bonds is 3. The summed E-state index contributed by atoms with van der Waals surface area (Å²) >= 11 is 0. The molecule has 96 valence electrons. The van der Waals surface area contributed by atoms with Crippen molar-refractivity contribution in [3.05, 3.63) is 22.0 Å². The third-order valence-corrected chi connectivity index (χ3v) is 4.04. The topological polar surface area (TPSA) is 92.3 Å². The van der Waals surface area contributed by atoms with Crippen LogP contribution in [-0.4, -0.2) is 23.6 Å².